The minimum absolute atomic E-state index is 0.0455. The lowest BCUT2D eigenvalue weighted by Gasteiger charge is -2.13. The largest absolute Gasteiger partial charge is 0.370 e. The summed E-state index contributed by atoms with van der Waals surface area (Å²) >= 11 is 0. The van der Waals surface area contributed by atoms with Gasteiger partial charge in [0.25, 0.3) is 0 Å². The van der Waals surface area contributed by atoms with Crippen molar-refractivity contribution in [2.45, 2.75) is 18.9 Å². The number of hydrogen-bond donors (Lipinski definition) is 3. The fourth-order valence-electron chi connectivity index (χ4n) is 0.830. The molecule has 0 aliphatic carbocycles. The van der Waals surface area contributed by atoms with Crippen LogP contribution in [-0.4, -0.2) is 25.0 Å². The van der Waals surface area contributed by atoms with E-state index in [0.717, 1.165) is 0 Å². The van der Waals surface area contributed by atoms with Gasteiger partial charge in [-0.05, 0) is 0 Å². The Balaban J connectivity index is 3.54. The van der Waals surface area contributed by atoms with Gasteiger partial charge >= 0.3 is 0 Å². The Kier molecular flexibility index (Phi) is 6.07. The van der Waals surface area contributed by atoms with E-state index in [2.05, 4.69) is 11.2 Å². The molecule has 0 radical (unpaired) electrons. The van der Waals surface area contributed by atoms with Gasteiger partial charge in [-0.1, -0.05) is 0 Å². The van der Waals surface area contributed by atoms with Crippen LogP contribution in [0, 0.1) is 12.3 Å². The summed E-state index contributed by atoms with van der Waals surface area (Å²) in [5, 5.41) is 3.03. The molecule has 0 aromatic rings. The SMILES string of the molecule is C#CCCNC(CN)CC(N)=O. The van der Waals surface area contributed by atoms with Gasteiger partial charge in [-0.15, -0.1) is 12.3 Å². The number of carbonyl (C=O) groups is 1. The quantitative estimate of drug-likeness (QED) is 0.345. The Morgan fingerprint density at radius 2 is 2.33 bits per heavy atom. The standard InChI is InChI=1S/C8H15N3O/c1-2-3-4-11-7(6-9)5-8(10)12/h1,7,11H,3-6,9H2,(H2,10,12). The molecular weight excluding hydrogens is 154 g/mol. The van der Waals surface area contributed by atoms with Gasteiger partial charge in [0.05, 0.1) is 0 Å². The van der Waals surface area contributed by atoms with Crippen molar-refractivity contribution < 1.29 is 4.79 Å². The lowest BCUT2D eigenvalue weighted by molar-refractivity contribution is -0.118. The molecule has 5 N–H and O–H groups in total. The van der Waals surface area contributed by atoms with Crippen LogP contribution in [0.5, 0.6) is 0 Å². The van der Waals surface area contributed by atoms with Crippen LogP contribution in [0.3, 0.4) is 0 Å². The molecule has 1 unspecified atom stereocenters. The van der Waals surface area contributed by atoms with Crippen LogP contribution in [0.4, 0.5) is 0 Å². The average molecular weight is 169 g/mol. The van der Waals surface area contributed by atoms with Crippen molar-refractivity contribution in [2.24, 2.45) is 11.5 Å². The fraction of sp³-hybridized carbons (Fsp3) is 0.625. The summed E-state index contributed by atoms with van der Waals surface area (Å²) in [6.07, 6.45) is 5.94. The van der Waals surface area contributed by atoms with Crippen molar-refractivity contribution in [2.75, 3.05) is 13.1 Å². The third-order valence-corrected chi connectivity index (χ3v) is 1.43. The van der Waals surface area contributed by atoms with Crippen molar-refractivity contribution in [1.82, 2.24) is 5.32 Å². The van der Waals surface area contributed by atoms with Gasteiger partial charge in [0.2, 0.25) is 5.91 Å². The van der Waals surface area contributed by atoms with Crippen molar-refractivity contribution in [3.05, 3.63) is 0 Å². The lowest BCUT2D eigenvalue weighted by Crippen LogP contribution is -2.39. The van der Waals surface area contributed by atoms with Crippen LogP contribution in [0.15, 0.2) is 0 Å². The Hall–Kier alpha value is -1.05. The van der Waals surface area contributed by atoms with E-state index in [9.17, 15) is 4.79 Å². The molecule has 0 saturated heterocycles. The molecule has 4 heteroatoms. The summed E-state index contributed by atoms with van der Waals surface area (Å²) in [4.78, 5) is 10.5. The third kappa shape index (κ3) is 5.71. The number of terminal acetylenes is 1. The summed E-state index contributed by atoms with van der Waals surface area (Å²) in [6.45, 7) is 1.07. The highest BCUT2D eigenvalue weighted by molar-refractivity contribution is 5.74. The smallest absolute Gasteiger partial charge is 0.219 e. The average Bonchev–Trinajstić information content (AvgIpc) is 2.02. The number of nitrogens with one attached hydrogen (secondary N) is 1. The van der Waals surface area contributed by atoms with Crippen LogP contribution in [0.1, 0.15) is 12.8 Å². The van der Waals surface area contributed by atoms with Gasteiger partial charge in [0.1, 0.15) is 0 Å². The molecule has 12 heavy (non-hydrogen) atoms. The maximum Gasteiger partial charge on any atom is 0.219 e. The molecule has 1 atom stereocenters. The molecule has 1 amide bonds. The first-order valence-corrected chi connectivity index (χ1v) is 3.86. The molecule has 4 nitrogen and oxygen atoms in total. The zero-order chi connectivity index (χ0) is 9.40. The second-order valence-electron chi connectivity index (χ2n) is 2.51. The Labute approximate surface area is 72.7 Å². The summed E-state index contributed by atoms with van der Waals surface area (Å²) in [5.41, 5.74) is 10.4. The second-order valence-corrected chi connectivity index (χ2v) is 2.51. The van der Waals surface area contributed by atoms with E-state index in [1.54, 1.807) is 0 Å². The highest BCUT2D eigenvalue weighted by Crippen LogP contribution is 1.88. The molecule has 0 spiro atoms. The number of primary amides is 1. The first-order valence-electron chi connectivity index (χ1n) is 3.86. The minimum atomic E-state index is -0.348. The fourth-order valence-corrected chi connectivity index (χ4v) is 0.830. The molecule has 0 fully saturated rings. The Morgan fingerprint density at radius 1 is 1.67 bits per heavy atom. The molecule has 68 valence electrons. The number of amides is 1. The van der Waals surface area contributed by atoms with Crippen LogP contribution in [0.25, 0.3) is 0 Å². The van der Waals surface area contributed by atoms with E-state index in [1.807, 2.05) is 0 Å². The number of hydrogen-bond acceptors (Lipinski definition) is 3. The molecule has 0 saturated carbocycles. The van der Waals surface area contributed by atoms with E-state index in [-0.39, 0.29) is 18.4 Å². The maximum absolute atomic E-state index is 10.5. The van der Waals surface area contributed by atoms with E-state index in [0.29, 0.717) is 19.5 Å². The Morgan fingerprint density at radius 3 is 2.75 bits per heavy atom. The molecule has 0 aromatic heterocycles. The van der Waals surface area contributed by atoms with Crippen molar-refractivity contribution in [3.63, 3.8) is 0 Å². The zero-order valence-electron chi connectivity index (χ0n) is 7.05. The van der Waals surface area contributed by atoms with Crippen molar-refractivity contribution in [1.29, 1.82) is 0 Å². The first kappa shape index (κ1) is 11.0. The normalized spacial score (nSPS) is 12.0. The first-order chi connectivity index (χ1) is 5.70. The highest BCUT2D eigenvalue weighted by atomic mass is 16.1. The van der Waals surface area contributed by atoms with Crippen molar-refractivity contribution in [3.8, 4) is 12.3 Å². The maximum atomic E-state index is 10.5. The molecular formula is C8H15N3O. The predicted octanol–water partition coefficient (Wildman–Crippen LogP) is -1.20. The van der Waals surface area contributed by atoms with Crippen LogP contribution >= 0.6 is 0 Å². The van der Waals surface area contributed by atoms with Gasteiger partial charge in [-0.3, -0.25) is 4.79 Å². The van der Waals surface area contributed by atoms with Crippen molar-refractivity contribution >= 4 is 5.91 Å². The van der Waals surface area contributed by atoms with Gasteiger partial charge in [-0.25, -0.2) is 0 Å². The molecule has 0 aliphatic rings. The minimum Gasteiger partial charge on any atom is -0.370 e. The lowest BCUT2D eigenvalue weighted by atomic mass is 10.2. The summed E-state index contributed by atoms with van der Waals surface area (Å²) < 4.78 is 0. The number of rotatable bonds is 6. The topological polar surface area (TPSA) is 81.1 Å². The molecule has 0 heterocycles. The van der Waals surface area contributed by atoms with E-state index in [1.165, 1.54) is 0 Å². The van der Waals surface area contributed by atoms with Crippen LogP contribution in [-0.2, 0) is 4.79 Å². The third-order valence-electron chi connectivity index (χ3n) is 1.43. The highest BCUT2D eigenvalue weighted by Gasteiger charge is 2.07. The summed E-state index contributed by atoms with van der Waals surface area (Å²) in [7, 11) is 0. The summed E-state index contributed by atoms with van der Waals surface area (Å²) in [6, 6.07) is -0.0455. The molecule has 0 rings (SSSR count). The van der Waals surface area contributed by atoms with Gasteiger partial charge < -0.3 is 16.8 Å². The van der Waals surface area contributed by atoms with Gasteiger partial charge in [-0.2, -0.15) is 0 Å². The molecule has 0 aliphatic heterocycles. The number of carbonyl (C=O) groups excluding carboxylic acids is 1. The van der Waals surface area contributed by atoms with E-state index >= 15 is 0 Å². The Bertz CT molecular complexity index is 174. The molecule has 0 aromatic carbocycles. The van der Waals surface area contributed by atoms with Crippen LogP contribution < -0.4 is 16.8 Å². The van der Waals surface area contributed by atoms with Gasteiger partial charge in [0, 0.05) is 32.0 Å². The van der Waals surface area contributed by atoms with Gasteiger partial charge in [0.15, 0.2) is 0 Å². The summed E-state index contributed by atoms with van der Waals surface area (Å²) in [5.74, 6) is 2.13. The number of nitrogens with two attached hydrogens (primary N) is 2. The zero-order valence-corrected chi connectivity index (χ0v) is 7.05. The molecule has 0 bridgehead atoms. The second kappa shape index (κ2) is 6.65. The monoisotopic (exact) mass is 169 g/mol. The van der Waals surface area contributed by atoms with E-state index in [4.69, 9.17) is 17.9 Å². The van der Waals surface area contributed by atoms with Crippen LogP contribution in [0.2, 0.25) is 0 Å². The predicted molar refractivity (Wildman–Crippen MR) is 48.1 cm³/mol. The van der Waals surface area contributed by atoms with E-state index < -0.39 is 0 Å².